The normalized spacial score (nSPS) is 10.0. The molecule has 70 valence electrons. The van der Waals surface area contributed by atoms with Gasteiger partial charge < -0.3 is 14.6 Å². The molecule has 0 aromatic carbocycles. The van der Waals surface area contributed by atoms with Crippen molar-refractivity contribution in [2.24, 2.45) is 0 Å². The van der Waals surface area contributed by atoms with E-state index >= 15 is 0 Å². The first-order valence-corrected chi connectivity index (χ1v) is 3.55. The van der Waals surface area contributed by atoms with Crippen LogP contribution in [0.15, 0.2) is 4.42 Å². The standard InChI is InChI=1S/C8H8O5/c9-1-5-6(2-10)8(4-12)13-7(5)3-11/h3-4,9-10H,1-2H2. The smallest absolute Gasteiger partial charge is 0.185 e. The zero-order valence-electron chi connectivity index (χ0n) is 6.69. The molecule has 0 bridgehead atoms. The van der Waals surface area contributed by atoms with Crippen LogP contribution < -0.4 is 0 Å². The summed E-state index contributed by atoms with van der Waals surface area (Å²) in [5.74, 6) is -0.234. The van der Waals surface area contributed by atoms with E-state index in [2.05, 4.69) is 0 Å². The van der Waals surface area contributed by atoms with E-state index in [1.54, 1.807) is 0 Å². The summed E-state index contributed by atoms with van der Waals surface area (Å²) in [6, 6.07) is 0. The van der Waals surface area contributed by atoms with E-state index in [9.17, 15) is 9.59 Å². The van der Waals surface area contributed by atoms with E-state index in [-0.39, 0.29) is 22.6 Å². The van der Waals surface area contributed by atoms with Crippen molar-refractivity contribution in [2.45, 2.75) is 13.2 Å². The van der Waals surface area contributed by atoms with Gasteiger partial charge >= 0.3 is 0 Å². The lowest BCUT2D eigenvalue weighted by Crippen LogP contribution is -1.94. The number of aldehydes is 2. The Bertz CT molecular complexity index is 295. The third kappa shape index (κ3) is 1.51. The number of rotatable bonds is 4. The minimum Gasteiger partial charge on any atom is -0.450 e. The average molecular weight is 184 g/mol. The van der Waals surface area contributed by atoms with Crippen LogP contribution in [0.2, 0.25) is 0 Å². The molecule has 0 atom stereocenters. The molecule has 0 aliphatic heterocycles. The molecule has 0 fully saturated rings. The van der Waals surface area contributed by atoms with Gasteiger partial charge in [-0.25, -0.2) is 0 Å². The number of furan rings is 1. The zero-order chi connectivity index (χ0) is 9.84. The second kappa shape index (κ2) is 3.97. The van der Waals surface area contributed by atoms with Crippen molar-refractivity contribution >= 4 is 12.6 Å². The van der Waals surface area contributed by atoms with Crippen molar-refractivity contribution in [1.82, 2.24) is 0 Å². The molecule has 1 aromatic rings. The Morgan fingerprint density at radius 3 is 1.62 bits per heavy atom. The highest BCUT2D eigenvalue weighted by Gasteiger charge is 2.17. The second-order valence-corrected chi connectivity index (χ2v) is 2.34. The monoisotopic (exact) mass is 184 g/mol. The molecule has 1 rings (SSSR count). The van der Waals surface area contributed by atoms with Crippen LogP contribution in [-0.2, 0) is 13.2 Å². The fraction of sp³-hybridized carbons (Fsp3) is 0.250. The van der Waals surface area contributed by atoms with Gasteiger partial charge in [0.1, 0.15) is 0 Å². The highest BCUT2D eigenvalue weighted by molar-refractivity contribution is 5.80. The Hall–Kier alpha value is -1.46. The lowest BCUT2D eigenvalue weighted by molar-refractivity contribution is 0.107. The van der Waals surface area contributed by atoms with Gasteiger partial charge in [0.2, 0.25) is 0 Å². The van der Waals surface area contributed by atoms with Crippen LogP contribution in [0.25, 0.3) is 0 Å². The molecule has 5 heteroatoms. The van der Waals surface area contributed by atoms with E-state index in [4.69, 9.17) is 14.6 Å². The van der Waals surface area contributed by atoms with Gasteiger partial charge in [0, 0.05) is 11.1 Å². The van der Waals surface area contributed by atoms with Crippen LogP contribution in [0.5, 0.6) is 0 Å². The summed E-state index contributed by atoms with van der Waals surface area (Å²) in [6.07, 6.45) is 0.773. The van der Waals surface area contributed by atoms with Gasteiger partial charge in [-0.2, -0.15) is 0 Å². The van der Waals surface area contributed by atoms with Crippen molar-refractivity contribution < 1.29 is 24.2 Å². The summed E-state index contributed by atoms with van der Waals surface area (Å²) >= 11 is 0. The quantitative estimate of drug-likeness (QED) is 0.637. The molecule has 0 radical (unpaired) electrons. The Balaban J connectivity index is 3.33. The van der Waals surface area contributed by atoms with E-state index in [0.717, 1.165) is 0 Å². The highest BCUT2D eigenvalue weighted by Crippen LogP contribution is 2.20. The lowest BCUT2D eigenvalue weighted by Gasteiger charge is -1.94. The Kier molecular flexibility index (Phi) is 2.94. The van der Waals surface area contributed by atoms with Crippen molar-refractivity contribution in [3.63, 3.8) is 0 Å². The SMILES string of the molecule is O=Cc1oc(C=O)c(CO)c1CO. The maximum Gasteiger partial charge on any atom is 0.185 e. The van der Waals surface area contributed by atoms with Crippen molar-refractivity contribution in [3.8, 4) is 0 Å². The van der Waals surface area contributed by atoms with Gasteiger partial charge in [0.25, 0.3) is 0 Å². The fourth-order valence-corrected chi connectivity index (χ4v) is 1.08. The van der Waals surface area contributed by atoms with Crippen LogP contribution in [-0.4, -0.2) is 22.8 Å². The molecule has 2 N–H and O–H groups in total. The number of aliphatic hydroxyl groups excluding tert-OH is 2. The minimum absolute atomic E-state index is 0.117. The predicted molar refractivity (Wildman–Crippen MR) is 41.3 cm³/mol. The van der Waals surface area contributed by atoms with Crippen LogP contribution in [0.1, 0.15) is 32.2 Å². The molecule has 1 aromatic heterocycles. The van der Waals surface area contributed by atoms with Gasteiger partial charge in [0.15, 0.2) is 24.1 Å². The van der Waals surface area contributed by atoms with Crippen molar-refractivity contribution in [3.05, 3.63) is 22.6 Å². The molecule has 1 heterocycles. The Labute approximate surface area is 73.6 Å². The zero-order valence-corrected chi connectivity index (χ0v) is 6.69. The number of carbonyl (C=O) groups is 2. The van der Waals surface area contributed by atoms with Gasteiger partial charge in [-0.15, -0.1) is 0 Å². The van der Waals surface area contributed by atoms with Crippen molar-refractivity contribution in [2.75, 3.05) is 0 Å². The van der Waals surface area contributed by atoms with Crippen LogP contribution in [0.4, 0.5) is 0 Å². The number of carbonyl (C=O) groups excluding carboxylic acids is 2. The fourth-order valence-electron chi connectivity index (χ4n) is 1.08. The summed E-state index contributed by atoms with van der Waals surface area (Å²) in [7, 11) is 0. The maximum atomic E-state index is 10.4. The summed E-state index contributed by atoms with van der Waals surface area (Å²) in [6.45, 7) is -0.886. The largest absolute Gasteiger partial charge is 0.450 e. The summed E-state index contributed by atoms with van der Waals surface area (Å²) in [5.41, 5.74) is 0.333. The molecule has 0 amide bonds. The first kappa shape index (κ1) is 9.63. The number of aliphatic hydroxyl groups is 2. The summed E-state index contributed by atoms with van der Waals surface area (Å²) in [4.78, 5) is 20.8. The summed E-state index contributed by atoms with van der Waals surface area (Å²) < 4.78 is 4.77. The Morgan fingerprint density at radius 1 is 1.00 bits per heavy atom. The van der Waals surface area contributed by atoms with Gasteiger partial charge in [-0.05, 0) is 0 Å². The van der Waals surface area contributed by atoms with Crippen LogP contribution >= 0.6 is 0 Å². The lowest BCUT2D eigenvalue weighted by atomic mass is 10.1. The Morgan fingerprint density at radius 2 is 1.38 bits per heavy atom. The molecule has 0 spiro atoms. The second-order valence-electron chi connectivity index (χ2n) is 2.34. The van der Waals surface area contributed by atoms with Gasteiger partial charge in [0.05, 0.1) is 13.2 Å². The molecule has 0 aliphatic rings. The van der Waals surface area contributed by atoms with Crippen molar-refractivity contribution in [1.29, 1.82) is 0 Å². The maximum absolute atomic E-state index is 10.4. The first-order valence-electron chi connectivity index (χ1n) is 3.55. The topological polar surface area (TPSA) is 87.7 Å². The molecule has 0 saturated heterocycles. The number of hydrogen-bond donors (Lipinski definition) is 2. The summed E-state index contributed by atoms with van der Waals surface area (Å²) in [5, 5.41) is 17.6. The molecular formula is C8H8O5. The van der Waals surface area contributed by atoms with E-state index in [1.165, 1.54) is 0 Å². The van der Waals surface area contributed by atoms with Gasteiger partial charge in [-0.3, -0.25) is 9.59 Å². The molecular weight excluding hydrogens is 176 g/mol. The minimum atomic E-state index is -0.443. The van der Waals surface area contributed by atoms with Gasteiger partial charge in [-0.1, -0.05) is 0 Å². The molecule has 5 nitrogen and oxygen atoms in total. The molecule has 0 saturated carbocycles. The van der Waals surface area contributed by atoms with E-state index < -0.39 is 13.2 Å². The molecule has 13 heavy (non-hydrogen) atoms. The van der Waals surface area contributed by atoms with E-state index in [1.807, 2.05) is 0 Å². The average Bonchev–Trinajstić information content (AvgIpc) is 2.54. The predicted octanol–water partition coefficient (Wildman–Crippen LogP) is -0.111. The third-order valence-corrected chi connectivity index (χ3v) is 1.71. The third-order valence-electron chi connectivity index (χ3n) is 1.71. The molecule has 0 aliphatic carbocycles. The van der Waals surface area contributed by atoms with E-state index in [0.29, 0.717) is 12.6 Å². The van der Waals surface area contributed by atoms with Crippen LogP contribution in [0, 0.1) is 0 Å². The highest BCUT2D eigenvalue weighted by atomic mass is 16.4. The molecule has 0 unspecified atom stereocenters. The first-order chi connectivity index (χ1) is 6.28. The number of hydrogen-bond acceptors (Lipinski definition) is 5. The van der Waals surface area contributed by atoms with Crippen LogP contribution in [0.3, 0.4) is 0 Å².